The van der Waals surface area contributed by atoms with Gasteiger partial charge in [-0.15, -0.1) is 0 Å². The predicted octanol–water partition coefficient (Wildman–Crippen LogP) is 3.57. The van der Waals surface area contributed by atoms with Gasteiger partial charge in [0.25, 0.3) is 0 Å². The van der Waals surface area contributed by atoms with E-state index >= 15 is 0 Å². The molecule has 0 radical (unpaired) electrons. The van der Waals surface area contributed by atoms with E-state index in [0.717, 1.165) is 23.3 Å². The molecular weight excluding hydrogens is 252 g/mol. The van der Waals surface area contributed by atoms with Crippen molar-refractivity contribution in [3.8, 4) is 11.5 Å². The minimum absolute atomic E-state index is 0.466. The van der Waals surface area contributed by atoms with Crippen molar-refractivity contribution in [2.24, 2.45) is 0 Å². The van der Waals surface area contributed by atoms with Gasteiger partial charge in [0.05, 0.1) is 0 Å². The van der Waals surface area contributed by atoms with Crippen molar-refractivity contribution in [2.45, 2.75) is 13.8 Å². The number of hydrogen-bond acceptors (Lipinski definition) is 3. The topological polar surface area (TPSA) is 35.5 Å². The Kier molecular flexibility index (Phi) is 4.77. The van der Waals surface area contributed by atoms with Crippen LogP contribution >= 0.6 is 0 Å². The van der Waals surface area contributed by atoms with E-state index in [4.69, 9.17) is 9.47 Å². The van der Waals surface area contributed by atoms with Gasteiger partial charge in [-0.3, -0.25) is 4.79 Å². The fourth-order valence-corrected chi connectivity index (χ4v) is 1.92. The lowest BCUT2D eigenvalue weighted by atomic mass is 10.1. The SMILES string of the molecule is Cc1ccc(OCCOc2ccc(C=O)cc2)c(C)c1. The normalized spacial score (nSPS) is 10.1. The molecule has 104 valence electrons. The molecule has 0 unspecified atom stereocenters. The van der Waals surface area contributed by atoms with Gasteiger partial charge in [0.1, 0.15) is 31.0 Å². The summed E-state index contributed by atoms with van der Waals surface area (Å²) in [6.45, 7) is 5.04. The van der Waals surface area contributed by atoms with Crippen LogP contribution in [0.5, 0.6) is 11.5 Å². The second kappa shape index (κ2) is 6.75. The van der Waals surface area contributed by atoms with E-state index in [0.29, 0.717) is 18.8 Å². The van der Waals surface area contributed by atoms with Gasteiger partial charge >= 0.3 is 0 Å². The highest BCUT2D eigenvalue weighted by Crippen LogP contribution is 2.18. The van der Waals surface area contributed by atoms with Crippen LogP contribution in [0.2, 0.25) is 0 Å². The molecule has 0 fully saturated rings. The lowest BCUT2D eigenvalue weighted by Crippen LogP contribution is -2.09. The minimum atomic E-state index is 0.466. The monoisotopic (exact) mass is 270 g/mol. The number of aldehydes is 1. The molecule has 2 rings (SSSR count). The van der Waals surface area contributed by atoms with Crippen LogP contribution in [0.15, 0.2) is 42.5 Å². The Bertz CT molecular complexity index is 573. The highest BCUT2D eigenvalue weighted by molar-refractivity contribution is 5.74. The van der Waals surface area contributed by atoms with Crippen LogP contribution in [0.25, 0.3) is 0 Å². The molecule has 0 saturated carbocycles. The van der Waals surface area contributed by atoms with Crippen molar-refractivity contribution in [3.05, 3.63) is 59.2 Å². The van der Waals surface area contributed by atoms with Gasteiger partial charge in [-0.25, -0.2) is 0 Å². The summed E-state index contributed by atoms with van der Waals surface area (Å²) in [6.07, 6.45) is 0.813. The first kappa shape index (κ1) is 14.1. The molecule has 0 N–H and O–H groups in total. The zero-order valence-corrected chi connectivity index (χ0v) is 11.8. The summed E-state index contributed by atoms with van der Waals surface area (Å²) in [4.78, 5) is 10.5. The van der Waals surface area contributed by atoms with Crippen molar-refractivity contribution >= 4 is 6.29 Å². The Hall–Kier alpha value is -2.29. The summed E-state index contributed by atoms with van der Waals surface area (Å²) >= 11 is 0. The molecule has 0 aliphatic rings. The second-order valence-corrected chi connectivity index (χ2v) is 4.65. The van der Waals surface area contributed by atoms with Gasteiger partial charge in [0, 0.05) is 5.56 Å². The molecule has 3 nitrogen and oxygen atoms in total. The van der Waals surface area contributed by atoms with Gasteiger partial charge in [-0.2, -0.15) is 0 Å². The van der Waals surface area contributed by atoms with E-state index in [2.05, 4.69) is 13.0 Å². The van der Waals surface area contributed by atoms with Crippen LogP contribution in [0.3, 0.4) is 0 Å². The number of ether oxygens (including phenoxy) is 2. The first-order valence-electron chi connectivity index (χ1n) is 6.57. The average Bonchev–Trinajstić information content (AvgIpc) is 2.46. The van der Waals surface area contributed by atoms with Crippen LogP contribution in [0.1, 0.15) is 21.5 Å². The van der Waals surface area contributed by atoms with Gasteiger partial charge in [-0.05, 0) is 49.7 Å². The molecule has 0 bridgehead atoms. The predicted molar refractivity (Wildman–Crippen MR) is 78.7 cm³/mol. The molecule has 0 amide bonds. The molecule has 0 atom stereocenters. The quantitative estimate of drug-likeness (QED) is 0.594. The molecule has 0 saturated heterocycles. The maximum absolute atomic E-state index is 10.5. The first-order chi connectivity index (χ1) is 9.69. The summed E-state index contributed by atoms with van der Waals surface area (Å²) in [7, 11) is 0. The van der Waals surface area contributed by atoms with Gasteiger partial charge in [0.2, 0.25) is 0 Å². The first-order valence-corrected chi connectivity index (χ1v) is 6.57. The van der Waals surface area contributed by atoms with E-state index in [1.165, 1.54) is 5.56 Å². The van der Waals surface area contributed by atoms with E-state index in [9.17, 15) is 4.79 Å². The number of hydrogen-bond donors (Lipinski definition) is 0. The molecule has 0 aromatic heterocycles. The van der Waals surface area contributed by atoms with E-state index in [-0.39, 0.29) is 0 Å². The van der Waals surface area contributed by atoms with Crippen LogP contribution in [0, 0.1) is 13.8 Å². The van der Waals surface area contributed by atoms with Crippen molar-refractivity contribution in [1.29, 1.82) is 0 Å². The lowest BCUT2D eigenvalue weighted by molar-refractivity contribution is 0.112. The Morgan fingerprint density at radius 3 is 2.30 bits per heavy atom. The Morgan fingerprint density at radius 2 is 1.65 bits per heavy atom. The summed E-state index contributed by atoms with van der Waals surface area (Å²) in [6, 6.07) is 13.1. The van der Waals surface area contributed by atoms with Crippen molar-refractivity contribution < 1.29 is 14.3 Å². The fourth-order valence-electron chi connectivity index (χ4n) is 1.92. The van der Waals surface area contributed by atoms with Gasteiger partial charge in [-0.1, -0.05) is 17.7 Å². The zero-order chi connectivity index (χ0) is 14.4. The Labute approximate surface area is 119 Å². The number of carbonyl (C=O) groups excluding carboxylic acids is 1. The lowest BCUT2D eigenvalue weighted by Gasteiger charge is -2.10. The molecule has 0 heterocycles. The zero-order valence-electron chi connectivity index (χ0n) is 11.8. The maximum Gasteiger partial charge on any atom is 0.150 e. The van der Waals surface area contributed by atoms with Crippen LogP contribution in [-0.4, -0.2) is 19.5 Å². The second-order valence-electron chi connectivity index (χ2n) is 4.65. The fraction of sp³-hybridized carbons (Fsp3) is 0.235. The molecular formula is C17H18O3. The summed E-state index contributed by atoms with van der Waals surface area (Å²) in [5.41, 5.74) is 2.99. The number of aryl methyl sites for hydroxylation is 2. The number of rotatable bonds is 6. The third-order valence-electron chi connectivity index (χ3n) is 2.96. The minimum Gasteiger partial charge on any atom is -0.490 e. The van der Waals surface area contributed by atoms with Crippen molar-refractivity contribution in [3.63, 3.8) is 0 Å². The maximum atomic E-state index is 10.5. The smallest absolute Gasteiger partial charge is 0.150 e. The van der Waals surface area contributed by atoms with E-state index < -0.39 is 0 Å². The average molecular weight is 270 g/mol. The van der Waals surface area contributed by atoms with Crippen LogP contribution in [-0.2, 0) is 0 Å². The third-order valence-corrected chi connectivity index (χ3v) is 2.96. The summed E-state index contributed by atoms with van der Waals surface area (Å²) < 4.78 is 11.2. The van der Waals surface area contributed by atoms with E-state index in [1.54, 1.807) is 24.3 Å². The third kappa shape index (κ3) is 3.85. The van der Waals surface area contributed by atoms with Crippen LogP contribution < -0.4 is 9.47 Å². The van der Waals surface area contributed by atoms with Gasteiger partial charge in [0.15, 0.2) is 0 Å². The Morgan fingerprint density at radius 1 is 0.950 bits per heavy atom. The molecule has 0 aliphatic carbocycles. The molecule has 20 heavy (non-hydrogen) atoms. The number of carbonyl (C=O) groups is 1. The van der Waals surface area contributed by atoms with E-state index in [1.807, 2.05) is 19.1 Å². The summed E-state index contributed by atoms with van der Waals surface area (Å²) in [5, 5.41) is 0. The van der Waals surface area contributed by atoms with Crippen LogP contribution in [0.4, 0.5) is 0 Å². The highest BCUT2D eigenvalue weighted by Gasteiger charge is 2.00. The number of benzene rings is 2. The van der Waals surface area contributed by atoms with Crippen molar-refractivity contribution in [1.82, 2.24) is 0 Å². The molecule has 3 heteroatoms. The van der Waals surface area contributed by atoms with Gasteiger partial charge < -0.3 is 9.47 Å². The molecule has 2 aromatic carbocycles. The largest absolute Gasteiger partial charge is 0.490 e. The molecule has 0 aliphatic heterocycles. The standard InChI is InChI=1S/C17H18O3/c1-13-3-8-17(14(2)11-13)20-10-9-19-16-6-4-15(12-18)5-7-16/h3-8,11-12H,9-10H2,1-2H3. The molecule has 2 aromatic rings. The Balaban J connectivity index is 1.79. The summed E-state index contributed by atoms with van der Waals surface area (Å²) in [5.74, 6) is 1.62. The molecule has 0 spiro atoms. The van der Waals surface area contributed by atoms with Crippen molar-refractivity contribution in [2.75, 3.05) is 13.2 Å². The highest BCUT2D eigenvalue weighted by atomic mass is 16.5.